The summed E-state index contributed by atoms with van der Waals surface area (Å²) in [5.41, 5.74) is 1.17. The smallest absolute Gasteiger partial charge is 0.258 e. The van der Waals surface area contributed by atoms with E-state index in [4.69, 9.17) is 16.3 Å². The Morgan fingerprint density at radius 2 is 2.03 bits per heavy atom. The number of aromatic nitrogens is 2. The SMILES string of the molecule is Cn1cc(C(=O)Nc2ccc(N3CC(Oc4cccc(Cl)c4)C3)cn2)ccc1=O. The second kappa shape index (κ2) is 7.97. The molecule has 0 bridgehead atoms. The number of hydrogen-bond donors (Lipinski definition) is 1. The van der Waals surface area contributed by atoms with Crippen molar-refractivity contribution in [1.82, 2.24) is 9.55 Å². The van der Waals surface area contributed by atoms with Gasteiger partial charge in [0.05, 0.1) is 30.5 Å². The first-order valence-electron chi connectivity index (χ1n) is 9.09. The molecule has 3 heterocycles. The number of nitrogens with zero attached hydrogens (tertiary/aromatic N) is 3. The van der Waals surface area contributed by atoms with Crippen LogP contribution in [0.3, 0.4) is 0 Å². The van der Waals surface area contributed by atoms with Crippen molar-refractivity contribution in [3.05, 3.63) is 81.9 Å². The first-order valence-corrected chi connectivity index (χ1v) is 9.47. The Morgan fingerprint density at radius 3 is 2.72 bits per heavy atom. The van der Waals surface area contributed by atoms with Gasteiger partial charge in [-0.25, -0.2) is 4.98 Å². The summed E-state index contributed by atoms with van der Waals surface area (Å²) in [6.45, 7) is 1.50. The van der Waals surface area contributed by atoms with E-state index in [1.165, 1.54) is 22.9 Å². The number of benzene rings is 1. The molecule has 148 valence electrons. The van der Waals surface area contributed by atoms with Gasteiger partial charge >= 0.3 is 0 Å². The van der Waals surface area contributed by atoms with E-state index in [-0.39, 0.29) is 17.6 Å². The number of hydrogen-bond acceptors (Lipinski definition) is 5. The fourth-order valence-corrected chi connectivity index (χ4v) is 3.20. The third-order valence-corrected chi connectivity index (χ3v) is 4.88. The highest BCUT2D eigenvalue weighted by Crippen LogP contribution is 2.25. The molecule has 0 saturated carbocycles. The van der Waals surface area contributed by atoms with Gasteiger partial charge in [0, 0.05) is 24.3 Å². The molecule has 4 rings (SSSR count). The van der Waals surface area contributed by atoms with Gasteiger partial charge in [-0.2, -0.15) is 0 Å². The topological polar surface area (TPSA) is 76.5 Å². The van der Waals surface area contributed by atoms with Crippen molar-refractivity contribution >= 4 is 29.0 Å². The van der Waals surface area contributed by atoms with E-state index < -0.39 is 0 Å². The van der Waals surface area contributed by atoms with Crippen molar-refractivity contribution in [2.75, 3.05) is 23.3 Å². The van der Waals surface area contributed by atoms with Gasteiger partial charge < -0.3 is 19.5 Å². The third kappa shape index (κ3) is 4.41. The van der Waals surface area contributed by atoms with Gasteiger partial charge in [-0.15, -0.1) is 0 Å². The number of amides is 1. The molecule has 0 radical (unpaired) electrons. The lowest BCUT2D eigenvalue weighted by molar-refractivity contribution is 0.102. The minimum atomic E-state index is -0.320. The molecule has 1 saturated heterocycles. The molecule has 3 aromatic rings. The Labute approximate surface area is 172 Å². The summed E-state index contributed by atoms with van der Waals surface area (Å²) in [5.74, 6) is 0.886. The number of nitrogens with one attached hydrogen (secondary N) is 1. The third-order valence-electron chi connectivity index (χ3n) is 4.65. The van der Waals surface area contributed by atoms with Crippen LogP contribution in [0.1, 0.15) is 10.4 Å². The molecule has 8 heteroatoms. The number of ether oxygens (including phenoxy) is 1. The number of halogens is 1. The predicted molar refractivity (Wildman–Crippen MR) is 112 cm³/mol. The Morgan fingerprint density at radius 1 is 1.21 bits per heavy atom. The lowest BCUT2D eigenvalue weighted by Crippen LogP contribution is -2.54. The van der Waals surface area contributed by atoms with E-state index in [0.717, 1.165) is 24.5 Å². The van der Waals surface area contributed by atoms with Gasteiger partial charge in [-0.1, -0.05) is 17.7 Å². The molecule has 1 aliphatic rings. The standard InChI is InChI=1S/C21H19ClN4O3/c1-25-11-14(5-8-20(25)27)21(28)24-19-7-6-16(10-23-19)26-12-18(13-26)29-17-4-2-3-15(22)9-17/h2-11,18H,12-13H2,1H3,(H,23,24,28). The average Bonchev–Trinajstić information content (AvgIpc) is 2.67. The Balaban J connectivity index is 1.32. The quantitative estimate of drug-likeness (QED) is 0.699. The molecule has 0 aliphatic carbocycles. The minimum Gasteiger partial charge on any atom is -0.487 e. The highest BCUT2D eigenvalue weighted by Gasteiger charge is 2.29. The normalized spacial score (nSPS) is 13.7. The summed E-state index contributed by atoms with van der Waals surface area (Å²) < 4.78 is 7.26. The molecule has 1 fully saturated rings. The van der Waals surface area contributed by atoms with E-state index >= 15 is 0 Å². The molecule has 7 nitrogen and oxygen atoms in total. The van der Waals surface area contributed by atoms with E-state index in [0.29, 0.717) is 16.4 Å². The van der Waals surface area contributed by atoms with Crippen LogP contribution in [0.4, 0.5) is 11.5 Å². The van der Waals surface area contributed by atoms with Crippen molar-refractivity contribution < 1.29 is 9.53 Å². The first-order chi connectivity index (χ1) is 14.0. The summed E-state index contributed by atoms with van der Waals surface area (Å²) in [5, 5.41) is 3.38. The zero-order valence-corrected chi connectivity index (χ0v) is 16.5. The van der Waals surface area contributed by atoms with E-state index in [2.05, 4.69) is 15.2 Å². The zero-order valence-electron chi connectivity index (χ0n) is 15.7. The van der Waals surface area contributed by atoms with Gasteiger partial charge in [-0.05, 0) is 36.4 Å². The van der Waals surface area contributed by atoms with Gasteiger partial charge in [-0.3, -0.25) is 9.59 Å². The number of aryl methyl sites for hydroxylation is 1. The van der Waals surface area contributed by atoms with Crippen LogP contribution >= 0.6 is 11.6 Å². The fraction of sp³-hybridized carbons (Fsp3) is 0.190. The molecule has 0 unspecified atom stereocenters. The number of carbonyl (C=O) groups excluding carboxylic acids is 1. The largest absolute Gasteiger partial charge is 0.487 e. The Kier molecular flexibility index (Phi) is 5.22. The Bertz CT molecular complexity index is 1090. The average molecular weight is 411 g/mol. The maximum Gasteiger partial charge on any atom is 0.258 e. The van der Waals surface area contributed by atoms with Gasteiger partial charge in [0.1, 0.15) is 17.7 Å². The minimum absolute atomic E-state index is 0.0950. The Hall–Kier alpha value is -3.32. The highest BCUT2D eigenvalue weighted by molar-refractivity contribution is 6.30. The molecule has 1 N–H and O–H groups in total. The van der Waals surface area contributed by atoms with Crippen molar-refractivity contribution in [2.24, 2.45) is 7.05 Å². The molecule has 1 amide bonds. The molecule has 0 spiro atoms. The van der Waals surface area contributed by atoms with Crippen molar-refractivity contribution in [2.45, 2.75) is 6.10 Å². The highest BCUT2D eigenvalue weighted by atomic mass is 35.5. The summed E-state index contributed by atoms with van der Waals surface area (Å²) in [7, 11) is 1.60. The summed E-state index contributed by atoms with van der Waals surface area (Å²) in [4.78, 5) is 30.2. The molecule has 29 heavy (non-hydrogen) atoms. The summed E-state index contributed by atoms with van der Waals surface area (Å²) in [6.07, 6.45) is 3.30. The second-order valence-corrected chi connectivity index (χ2v) is 7.26. The summed E-state index contributed by atoms with van der Waals surface area (Å²) in [6, 6.07) is 13.9. The van der Waals surface area contributed by atoms with Crippen molar-refractivity contribution in [3.8, 4) is 5.75 Å². The lowest BCUT2D eigenvalue weighted by atomic mass is 10.1. The van der Waals surface area contributed by atoms with Crippen molar-refractivity contribution in [3.63, 3.8) is 0 Å². The van der Waals surface area contributed by atoms with E-state index in [1.807, 2.05) is 24.3 Å². The van der Waals surface area contributed by atoms with E-state index in [9.17, 15) is 9.59 Å². The van der Waals surface area contributed by atoms with Crippen LogP contribution in [-0.2, 0) is 7.05 Å². The fourth-order valence-electron chi connectivity index (χ4n) is 3.02. The van der Waals surface area contributed by atoms with Crippen LogP contribution in [0, 0.1) is 0 Å². The molecule has 1 aromatic carbocycles. The number of pyridine rings is 2. The molecule has 0 atom stereocenters. The molecular formula is C21H19ClN4O3. The van der Waals surface area contributed by atoms with Crippen LogP contribution in [0.5, 0.6) is 5.75 Å². The number of anilines is 2. The van der Waals surface area contributed by atoms with Crippen LogP contribution in [0.25, 0.3) is 0 Å². The van der Waals surface area contributed by atoms with Crippen LogP contribution in [0.2, 0.25) is 5.02 Å². The van der Waals surface area contributed by atoms with E-state index in [1.54, 1.807) is 25.4 Å². The van der Waals surface area contributed by atoms with Gasteiger partial charge in [0.15, 0.2) is 0 Å². The molecular weight excluding hydrogens is 392 g/mol. The molecule has 2 aromatic heterocycles. The first kappa shape index (κ1) is 19.0. The second-order valence-electron chi connectivity index (χ2n) is 6.82. The van der Waals surface area contributed by atoms with Crippen LogP contribution in [-0.4, -0.2) is 34.7 Å². The zero-order chi connectivity index (χ0) is 20.4. The molecule has 1 aliphatic heterocycles. The lowest BCUT2D eigenvalue weighted by Gasteiger charge is -2.40. The van der Waals surface area contributed by atoms with Crippen LogP contribution < -0.4 is 20.5 Å². The predicted octanol–water partition coefficient (Wildman–Crippen LogP) is 2.95. The maximum atomic E-state index is 12.3. The number of rotatable bonds is 5. The maximum absolute atomic E-state index is 12.3. The monoisotopic (exact) mass is 410 g/mol. The van der Waals surface area contributed by atoms with Gasteiger partial charge in [0.2, 0.25) is 5.56 Å². The van der Waals surface area contributed by atoms with Crippen LogP contribution in [0.15, 0.2) is 65.7 Å². The van der Waals surface area contributed by atoms with Gasteiger partial charge in [0.25, 0.3) is 5.91 Å². The summed E-state index contributed by atoms with van der Waals surface area (Å²) >= 11 is 5.97. The number of carbonyl (C=O) groups is 1. The van der Waals surface area contributed by atoms with Crippen molar-refractivity contribution in [1.29, 1.82) is 0 Å².